The highest BCUT2D eigenvalue weighted by Gasteiger charge is 2.59. The minimum absolute atomic E-state index is 0.0852. The summed E-state index contributed by atoms with van der Waals surface area (Å²) in [6.07, 6.45) is -29.5. The predicted molar refractivity (Wildman–Crippen MR) is 468 cm³/mol. The molecule has 12 aromatic rings. The minimum atomic E-state index is -4.44. The van der Waals surface area contributed by atoms with E-state index in [1.54, 1.807) is 0 Å². The van der Waals surface area contributed by atoms with Gasteiger partial charge in [-0.05, 0) is 77.2 Å². The van der Waals surface area contributed by atoms with Crippen LogP contribution >= 0.6 is 52.6 Å². The lowest BCUT2D eigenvalue weighted by Gasteiger charge is -2.27. The summed E-state index contributed by atoms with van der Waals surface area (Å²) in [5, 5.41) is 7.82. The lowest BCUT2D eigenvalue weighted by Crippen LogP contribution is -2.34. The van der Waals surface area contributed by atoms with Crippen molar-refractivity contribution in [1.29, 1.82) is 0 Å². The van der Waals surface area contributed by atoms with Gasteiger partial charge in [0.25, 0.3) is 16.7 Å². The molecule has 135 heavy (non-hydrogen) atoms. The van der Waals surface area contributed by atoms with Gasteiger partial charge in [0, 0.05) is 18.6 Å². The van der Waals surface area contributed by atoms with Gasteiger partial charge in [0.2, 0.25) is 17.8 Å². The van der Waals surface area contributed by atoms with E-state index in [1.807, 2.05) is 0 Å². The molecule has 0 radical (unpaired) electrons. The van der Waals surface area contributed by atoms with Crippen molar-refractivity contribution >= 4 is 214 Å². The number of alkyl halides is 6. The molecular formula is C62H68F6N28O27P6S6. The van der Waals surface area contributed by atoms with E-state index in [0.29, 0.717) is 11.2 Å². The van der Waals surface area contributed by atoms with Crippen molar-refractivity contribution in [3.05, 3.63) is 99.5 Å². The number of anilines is 6. The van der Waals surface area contributed by atoms with Gasteiger partial charge in [0.1, 0.15) is 84.3 Å². The van der Waals surface area contributed by atoms with E-state index < -0.39 is 244 Å². The molecule has 0 amide bonds. The third-order valence-electron chi connectivity index (χ3n) is 21.9. The Labute approximate surface area is 775 Å². The molecule has 0 aromatic carbocycles. The molecule has 9 aliphatic rings. The van der Waals surface area contributed by atoms with Crippen molar-refractivity contribution in [2.24, 2.45) is 0 Å². The lowest BCUT2D eigenvalue weighted by molar-refractivity contribution is -0.0617. The van der Waals surface area contributed by atoms with E-state index in [9.17, 15) is 43.4 Å². The fraction of sp³-hybridized carbons (Fsp3) is 0.484. The molecule has 55 nitrogen and oxygen atoms in total. The van der Waals surface area contributed by atoms with Crippen LogP contribution in [0.4, 0.5) is 61.2 Å². The zero-order valence-electron chi connectivity index (χ0n) is 67.1. The van der Waals surface area contributed by atoms with Crippen LogP contribution in [0.15, 0.2) is 82.8 Å². The molecule has 20 N–H and O–H groups in total. The first-order chi connectivity index (χ1) is 63.9. The van der Waals surface area contributed by atoms with Crippen LogP contribution in [0.3, 0.4) is 0 Å². The number of aromatic nitrogens is 22. The fourth-order valence-electron chi connectivity index (χ4n) is 15.8. The Morgan fingerprint density at radius 2 is 0.622 bits per heavy atom. The molecule has 21 rings (SSSR count). The molecule has 6 unspecified atom stereocenters. The van der Waals surface area contributed by atoms with Gasteiger partial charge in [-0.1, -0.05) is 17.5 Å². The fourth-order valence-corrected chi connectivity index (χ4v) is 24.4. The van der Waals surface area contributed by atoms with Gasteiger partial charge in [-0.3, -0.25) is 83.8 Å². The first-order valence-electron chi connectivity index (χ1n) is 38.9. The summed E-state index contributed by atoms with van der Waals surface area (Å²) in [4.78, 5) is 144. The normalized spacial score (nSPS) is 37.7. The first kappa shape index (κ1) is 96.0. The first-order valence-corrected chi connectivity index (χ1v) is 54.6. The Bertz CT molecular complexity index is 6500. The van der Waals surface area contributed by atoms with Crippen molar-refractivity contribution in [2.75, 3.05) is 74.0 Å². The molecular weight excluding hydrogens is 2060 g/mol. The Balaban J connectivity index is 0.000000130. The minimum Gasteiger partial charge on any atom is -0.397 e. The molecule has 12 aromatic heterocycles. The molecule has 0 spiro atoms. The summed E-state index contributed by atoms with van der Waals surface area (Å²) in [6, 6.07) is 4.52. The molecule has 0 aliphatic carbocycles. The number of nitrogens with two attached hydrogens (primary N) is 6. The van der Waals surface area contributed by atoms with E-state index in [2.05, 4.69) is 92.3 Å². The second-order valence-electron chi connectivity index (χ2n) is 30.4. The monoisotopic (exact) mass is 2130 g/mol. The average Bonchev–Trinajstić information content (AvgIpc) is 1.63. The summed E-state index contributed by atoms with van der Waals surface area (Å²) >= 11 is 29.7. The number of halogens is 6. The van der Waals surface area contributed by atoms with Crippen LogP contribution in [0.1, 0.15) is 37.4 Å². The maximum Gasteiger partial charge on any atom is 0.386 e. The van der Waals surface area contributed by atoms with E-state index in [0.717, 1.165) is 37.4 Å². The number of imidazole rings is 5. The number of nitrogens with one attached hydrogen (secondary N) is 3. The maximum atomic E-state index is 16.0. The highest BCUT2D eigenvalue weighted by Crippen LogP contribution is 2.61. The number of nitrogen functional groups attached to an aromatic ring is 6. The standard InChI is InChI=1S/2C21H23F2N9O9P2S2.C20H22F2N10O9P2S2/c2*22-10-8-3-36-42(34,44)40-14-9(39-19(11(14)23)31-5-27-12-7(24)1-2-26-16(12)31)4-37-43(35,45)41-15(10)20(38-8)32-6-28-13-17(32)29-21(25)30-18(13)33;21-9-7-3-36-42(34,44)40-13-8(39-18(10(13)22)32-15-11(29-30-32)6(23)1-2-25-15)4-37-43(35,45)41-14(9)19(38-7)31-5-26-12-16(31)27-20(24)28-17(12)33/h2*1-2,5-6,8-11,14-15,19-20H,3-4H2,(H2,24,26)(H,34,44)(H,35,45)(H3,25,29,30,33);1-2,5,7-10,13-14,18-19H,3-4H2,(H2,23,25)(H,34,44)(H,35,45)(H3,24,27,28,33)/t2*8-,9-,10+,11+,14-,15-,19-,20-,42?,43?;7-,8-,9+,10+,13-,14-,18-,19-,42?,43?/m111/s1. The quantitative estimate of drug-likeness (QED) is 0.0638. The third kappa shape index (κ3) is 18.7. The van der Waals surface area contributed by atoms with Crippen molar-refractivity contribution in [3.63, 3.8) is 0 Å². The Morgan fingerprint density at radius 3 is 0.978 bits per heavy atom. The van der Waals surface area contributed by atoms with Crippen LogP contribution in [0.25, 0.3) is 67.0 Å². The van der Waals surface area contributed by atoms with Crippen LogP contribution in [0.5, 0.6) is 0 Å². The summed E-state index contributed by atoms with van der Waals surface area (Å²) < 4.78 is 217. The maximum absolute atomic E-state index is 16.0. The number of nitrogens with zero attached hydrogens (tertiary/aromatic N) is 19. The van der Waals surface area contributed by atoms with Crippen molar-refractivity contribution in [3.8, 4) is 0 Å². The van der Waals surface area contributed by atoms with Crippen LogP contribution in [-0.2, 0) is 146 Å². The number of ether oxygens (including phenoxy) is 6. The van der Waals surface area contributed by atoms with E-state index in [-0.39, 0.29) is 90.7 Å². The molecule has 0 saturated carbocycles. The summed E-state index contributed by atoms with van der Waals surface area (Å²) in [5.41, 5.74) is 34.2. The zero-order valence-corrected chi connectivity index (χ0v) is 77.4. The zero-order chi connectivity index (χ0) is 95.5. The summed E-state index contributed by atoms with van der Waals surface area (Å²) in [5.74, 6) is -0.771. The van der Waals surface area contributed by atoms with Crippen LogP contribution in [-0.4, -0.2) is 282 Å². The lowest BCUT2D eigenvalue weighted by atomic mass is 10.1. The van der Waals surface area contributed by atoms with Gasteiger partial charge < -0.3 is 110 Å². The smallest absolute Gasteiger partial charge is 0.386 e. The Morgan fingerprint density at radius 1 is 0.348 bits per heavy atom. The molecule has 21 heterocycles. The number of H-pyrrole nitrogens is 3. The molecule has 9 aliphatic heterocycles. The number of rotatable bonds is 6. The average molecular weight is 2130 g/mol. The predicted octanol–water partition coefficient (Wildman–Crippen LogP) is 1.57. The molecule has 73 heteroatoms. The highest BCUT2D eigenvalue weighted by atomic mass is 32.7. The van der Waals surface area contributed by atoms with Crippen LogP contribution in [0.2, 0.25) is 0 Å². The van der Waals surface area contributed by atoms with Gasteiger partial charge >= 0.3 is 40.4 Å². The Hall–Kier alpha value is -7.87. The number of fused-ring (bicyclic) bond motifs is 15. The largest absolute Gasteiger partial charge is 0.397 e. The van der Waals surface area contributed by atoms with E-state index >= 15 is 26.3 Å². The van der Waals surface area contributed by atoms with Crippen LogP contribution in [0, 0.1) is 0 Å². The SMILES string of the molecule is Nc1nc2c(ncn2[C@@H]2O[C@@H]3COP(=O)(S)O[C@H]4[C@H](F)[C@H](n5cnc6c(N)ccnc65)O[C@@H]4COP(O)(=S)O[C@@H]2[C@H]3F)c(=O)[nH]1.Nc1nc2c(ncn2[C@@H]2O[C@@H]3COP(O)(=S)O[C@H]4[C@H](F)[C@H](n5cnc6c(N)ccnc65)O[C@@H]4COP(O)(=S)O[C@@H]2[C@H]3F)c(=O)[nH]1.Nc1nc2c(ncn2[C@@H]2O[C@@H]3COP(O)(=S)O[C@H]4[C@H](F)[C@H](n5nnc6c(N)ccnc65)O[C@@H]4COP(O)(=S)O[C@@H]2[C@H]3F)c(=O)[nH]1. The van der Waals surface area contributed by atoms with Crippen molar-refractivity contribution in [1.82, 2.24) is 108 Å². The number of pyridine rings is 3. The molecule has 726 valence electrons. The summed E-state index contributed by atoms with van der Waals surface area (Å²) in [7, 11) is 0. The number of thiol groups is 1. The van der Waals surface area contributed by atoms with Crippen molar-refractivity contribution in [2.45, 2.75) is 148 Å². The van der Waals surface area contributed by atoms with Gasteiger partial charge in [-0.2, -0.15) is 19.6 Å². The number of aromatic amines is 3. The van der Waals surface area contributed by atoms with Gasteiger partial charge in [-0.25, -0.2) is 70.8 Å². The van der Waals surface area contributed by atoms with E-state index in [1.165, 1.54) is 58.6 Å². The van der Waals surface area contributed by atoms with Gasteiger partial charge in [0.05, 0.1) is 88.3 Å². The van der Waals surface area contributed by atoms with Crippen molar-refractivity contribution < 1.29 is 138 Å². The third-order valence-corrected chi connectivity index (χ3v) is 31.3. The Kier molecular flexibility index (Phi) is 26.1. The van der Waals surface area contributed by atoms with Gasteiger partial charge in [-0.15, -0.1) is 5.10 Å². The number of hydrogen-bond donors (Lipinski definition) is 15. The second kappa shape index (κ2) is 36.7. The molecule has 9 saturated heterocycles. The second-order valence-corrected chi connectivity index (χ2v) is 47.3. The topological polar surface area (TPSA) is 736 Å². The van der Waals surface area contributed by atoms with Crippen LogP contribution < -0.4 is 51.1 Å². The molecule has 9 fully saturated rings. The molecule has 6 bridgehead atoms. The van der Waals surface area contributed by atoms with E-state index in [4.69, 9.17) is 176 Å². The van der Waals surface area contributed by atoms with Gasteiger partial charge in [0.15, 0.2) is 130 Å². The number of hydrogen-bond acceptors (Lipinski definition) is 46. The summed E-state index contributed by atoms with van der Waals surface area (Å²) in [6.45, 7) is -30.2. The highest BCUT2D eigenvalue weighted by molar-refractivity contribution is 8.44. The molecule has 30 atom stereocenters.